The molecule has 0 aliphatic carbocycles. The van der Waals surface area contributed by atoms with Gasteiger partial charge in [-0.15, -0.1) is 0 Å². The molecule has 2 nitrogen and oxygen atoms in total. The van der Waals surface area contributed by atoms with Crippen molar-refractivity contribution in [1.29, 1.82) is 0 Å². The summed E-state index contributed by atoms with van der Waals surface area (Å²) in [6, 6.07) is 4.44. The number of nitrogens with two attached hydrogens (primary N) is 1. The van der Waals surface area contributed by atoms with Gasteiger partial charge in [0.15, 0.2) is 0 Å². The highest BCUT2D eigenvalue weighted by Crippen LogP contribution is 2.26. The summed E-state index contributed by atoms with van der Waals surface area (Å²) in [6.45, 7) is 9.63. The van der Waals surface area contributed by atoms with Crippen molar-refractivity contribution in [2.75, 3.05) is 17.6 Å². The van der Waals surface area contributed by atoms with Crippen LogP contribution < -0.4 is 11.1 Å². The molecule has 3 N–H and O–H groups in total. The highest BCUT2D eigenvalue weighted by atomic mass is 19.1. The second-order valence-corrected chi connectivity index (χ2v) is 5.38. The van der Waals surface area contributed by atoms with Crippen molar-refractivity contribution in [2.45, 2.75) is 27.7 Å². The Kier molecular flexibility index (Phi) is 3.79. The lowest BCUT2D eigenvalue weighted by molar-refractivity contribution is 0.274. The molecule has 90 valence electrons. The molecule has 0 heterocycles. The van der Waals surface area contributed by atoms with E-state index >= 15 is 0 Å². The summed E-state index contributed by atoms with van der Waals surface area (Å²) < 4.78 is 12.8. The van der Waals surface area contributed by atoms with E-state index in [4.69, 9.17) is 5.73 Å². The number of nitrogen functional groups attached to an aromatic ring is 1. The molecule has 3 heteroatoms. The Hall–Kier alpha value is -1.25. The largest absolute Gasteiger partial charge is 0.397 e. The van der Waals surface area contributed by atoms with Gasteiger partial charge in [-0.05, 0) is 29.5 Å². The summed E-state index contributed by atoms with van der Waals surface area (Å²) in [7, 11) is 0. The maximum absolute atomic E-state index is 12.8. The third kappa shape index (κ3) is 3.40. The number of hydrogen-bond donors (Lipinski definition) is 2. The number of rotatable bonds is 3. The quantitative estimate of drug-likeness (QED) is 0.771. The van der Waals surface area contributed by atoms with E-state index in [9.17, 15) is 4.39 Å². The molecule has 1 rings (SSSR count). The summed E-state index contributed by atoms with van der Waals surface area (Å²) >= 11 is 0. The highest BCUT2D eigenvalue weighted by molar-refractivity contribution is 5.65. The van der Waals surface area contributed by atoms with Gasteiger partial charge in [-0.2, -0.15) is 0 Å². The standard InChI is InChI=1S/C13H21FN2/c1-9(13(2,3)4)8-16-12-6-5-10(14)7-11(12)15/h5-7,9,16H,8,15H2,1-4H3. The minimum Gasteiger partial charge on any atom is -0.397 e. The average Bonchev–Trinajstić information content (AvgIpc) is 2.14. The van der Waals surface area contributed by atoms with E-state index in [1.165, 1.54) is 12.1 Å². The van der Waals surface area contributed by atoms with Crippen LogP contribution in [0.3, 0.4) is 0 Å². The van der Waals surface area contributed by atoms with E-state index in [2.05, 4.69) is 33.0 Å². The lowest BCUT2D eigenvalue weighted by atomic mass is 9.82. The van der Waals surface area contributed by atoms with Crippen LogP contribution in [-0.4, -0.2) is 6.54 Å². The minimum atomic E-state index is -0.299. The van der Waals surface area contributed by atoms with Crippen LogP contribution in [0, 0.1) is 17.2 Å². The zero-order valence-corrected chi connectivity index (χ0v) is 10.5. The SMILES string of the molecule is CC(CNc1ccc(F)cc1N)C(C)(C)C. The monoisotopic (exact) mass is 224 g/mol. The van der Waals surface area contributed by atoms with Crippen LogP contribution in [0.5, 0.6) is 0 Å². The Morgan fingerprint density at radius 1 is 1.38 bits per heavy atom. The molecule has 0 amide bonds. The van der Waals surface area contributed by atoms with Crippen molar-refractivity contribution in [1.82, 2.24) is 0 Å². The van der Waals surface area contributed by atoms with Crippen LogP contribution in [0.15, 0.2) is 18.2 Å². The molecular formula is C13H21FN2. The fourth-order valence-electron chi connectivity index (χ4n) is 1.26. The first kappa shape index (κ1) is 12.8. The Labute approximate surface area is 97.0 Å². The molecule has 0 aliphatic heterocycles. The molecule has 1 atom stereocenters. The predicted molar refractivity (Wildman–Crippen MR) is 67.9 cm³/mol. The van der Waals surface area contributed by atoms with Gasteiger partial charge >= 0.3 is 0 Å². The molecule has 0 bridgehead atoms. The zero-order chi connectivity index (χ0) is 12.3. The van der Waals surface area contributed by atoms with Gasteiger partial charge in [-0.25, -0.2) is 4.39 Å². The summed E-state index contributed by atoms with van der Waals surface area (Å²) in [6.07, 6.45) is 0. The maximum atomic E-state index is 12.8. The van der Waals surface area contributed by atoms with Gasteiger partial charge in [-0.1, -0.05) is 27.7 Å². The van der Waals surface area contributed by atoms with Gasteiger partial charge in [0.2, 0.25) is 0 Å². The van der Waals surface area contributed by atoms with Crippen LogP contribution in [0.4, 0.5) is 15.8 Å². The first-order valence-corrected chi connectivity index (χ1v) is 5.59. The van der Waals surface area contributed by atoms with Crippen LogP contribution in [0.1, 0.15) is 27.7 Å². The molecule has 0 aromatic heterocycles. The Balaban J connectivity index is 2.62. The average molecular weight is 224 g/mol. The first-order valence-electron chi connectivity index (χ1n) is 5.59. The first-order chi connectivity index (χ1) is 7.30. The number of anilines is 2. The summed E-state index contributed by atoms with van der Waals surface area (Å²) in [5.74, 6) is 0.212. The van der Waals surface area contributed by atoms with Gasteiger partial charge in [0.25, 0.3) is 0 Å². The molecule has 1 aromatic rings. The number of nitrogens with one attached hydrogen (secondary N) is 1. The Bertz CT molecular complexity index is 355. The topological polar surface area (TPSA) is 38.0 Å². The molecule has 1 aromatic carbocycles. The molecule has 16 heavy (non-hydrogen) atoms. The molecule has 0 saturated carbocycles. The third-order valence-corrected chi connectivity index (χ3v) is 3.09. The highest BCUT2D eigenvalue weighted by Gasteiger charge is 2.19. The van der Waals surface area contributed by atoms with E-state index in [0.717, 1.165) is 12.2 Å². The number of hydrogen-bond acceptors (Lipinski definition) is 2. The minimum absolute atomic E-state index is 0.252. The normalized spacial score (nSPS) is 13.6. The summed E-state index contributed by atoms with van der Waals surface area (Å²) in [4.78, 5) is 0. The van der Waals surface area contributed by atoms with Gasteiger partial charge in [0, 0.05) is 6.54 Å². The Morgan fingerprint density at radius 3 is 2.50 bits per heavy atom. The molecule has 0 spiro atoms. The van der Waals surface area contributed by atoms with Gasteiger partial charge < -0.3 is 11.1 Å². The van der Waals surface area contributed by atoms with E-state index in [1.807, 2.05) is 0 Å². The second-order valence-electron chi connectivity index (χ2n) is 5.38. The fraction of sp³-hybridized carbons (Fsp3) is 0.538. The molecular weight excluding hydrogens is 203 g/mol. The predicted octanol–water partition coefficient (Wildman–Crippen LogP) is 3.50. The van der Waals surface area contributed by atoms with E-state index in [-0.39, 0.29) is 11.2 Å². The van der Waals surface area contributed by atoms with Crippen LogP contribution in [0.25, 0.3) is 0 Å². The van der Waals surface area contributed by atoms with Crippen molar-refractivity contribution < 1.29 is 4.39 Å². The second kappa shape index (κ2) is 4.73. The zero-order valence-electron chi connectivity index (χ0n) is 10.5. The summed E-state index contributed by atoms with van der Waals surface area (Å²) in [5, 5.41) is 3.25. The lowest BCUT2D eigenvalue weighted by Gasteiger charge is -2.28. The van der Waals surface area contributed by atoms with E-state index < -0.39 is 0 Å². The van der Waals surface area contributed by atoms with Gasteiger partial charge in [0.1, 0.15) is 5.82 Å². The maximum Gasteiger partial charge on any atom is 0.125 e. The number of halogens is 1. The number of benzene rings is 1. The van der Waals surface area contributed by atoms with Gasteiger partial charge in [-0.3, -0.25) is 0 Å². The van der Waals surface area contributed by atoms with Crippen molar-refractivity contribution in [3.05, 3.63) is 24.0 Å². The molecule has 0 saturated heterocycles. The Morgan fingerprint density at radius 2 is 2.00 bits per heavy atom. The summed E-state index contributed by atoms with van der Waals surface area (Å²) in [5.41, 5.74) is 7.23. The van der Waals surface area contributed by atoms with Crippen molar-refractivity contribution in [2.24, 2.45) is 11.3 Å². The van der Waals surface area contributed by atoms with Crippen LogP contribution in [0.2, 0.25) is 0 Å². The lowest BCUT2D eigenvalue weighted by Crippen LogP contribution is -2.25. The van der Waals surface area contributed by atoms with E-state index in [1.54, 1.807) is 6.07 Å². The van der Waals surface area contributed by atoms with Crippen molar-refractivity contribution >= 4 is 11.4 Å². The fourth-order valence-corrected chi connectivity index (χ4v) is 1.26. The van der Waals surface area contributed by atoms with Crippen molar-refractivity contribution in [3.8, 4) is 0 Å². The van der Waals surface area contributed by atoms with E-state index in [0.29, 0.717) is 11.6 Å². The molecule has 0 fully saturated rings. The van der Waals surface area contributed by atoms with Crippen LogP contribution >= 0.6 is 0 Å². The molecule has 1 unspecified atom stereocenters. The van der Waals surface area contributed by atoms with Crippen LogP contribution in [-0.2, 0) is 0 Å². The molecule has 0 aliphatic rings. The smallest absolute Gasteiger partial charge is 0.125 e. The third-order valence-electron chi connectivity index (χ3n) is 3.09. The van der Waals surface area contributed by atoms with Gasteiger partial charge in [0.05, 0.1) is 11.4 Å². The van der Waals surface area contributed by atoms with Crippen molar-refractivity contribution in [3.63, 3.8) is 0 Å². The molecule has 0 radical (unpaired) electrons.